The highest BCUT2D eigenvalue weighted by Gasteiger charge is 2.10. The first kappa shape index (κ1) is 11.8. The second-order valence-corrected chi connectivity index (χ2v) is 4.02. The zero-order valence-corrected chi connectivity index (χ0v) is 9.85. The van der Waals surface area contributed by atoms with Crippen LogP contribution in [0.3, 0.4) is 0 Å². The Labute approximate surface area is 98.7 Å². The van der Waals surface area contributed by atoms with E-state index in [1.54, 1.807) is 13.0 Å². The molecule has 0 atom stereocenters. The first-order valence-electron chi connectivity index (χ1n) is 5.62. The molecule has 1 heterocycles. The van der Waals surface area contributed by atoms with Crippen LogP contribution in [0.2, 0.25) is 0 Å². The topological polar surface area (TPSA) is 24.9 Å². The molecule has 0 saturated heterocycles. The Kier molecular flexibility index (Phi) is 3.22. The Hall–Kier alpha value is -1.71. The normalized spacial score (nSPS) is 10.8. The zero-order chi connectivity index (χ0) is 12.4. The van der Waals surface area contributed by atoms with Gasteiger partial charge in [-0.3, -0.25) is 0 Å². The number of pyridine rings is 1. The highest BCUT2D eigenvalue weighted by molar-refractivity contribution is 5.91. The van der Waals surface area contributed by atoms with Crippen LogP contribution in [0.25, 0.3) is 10.9 Å². The van der Waals surface area contributed by atoms with E-state index >= 15 is 0 Å². The van der Waals surface area contributed by atoms with Crippen LogP contribution < -0.4 is 5.32 Å². The molecule has 0 amide bonds. The fourth-order valence-corrected chi connectivity index (χ4v) is 1.79. The van der Waals surface area contributed by atoms with Gasteiger partial charge in [-0.25, -0.2) is 13.8 Å². The number of aryl methyl sites for hydroxylation is 1. The van der Waals surface area contributed by atoms with Gasteiger partial charge in [0.05, 0.1) is 0 Å². The Morgan fingerprint density at radius 3 is 2.71 bits per heavy atom. The molecule has 0 bridgehead atoms. The molecule has 17 heavy (non-hydrogen) atoms. The van der Waals surface area contributed by atoms with E-state index in [1.807, 2.05) is 6.92 Å². The minimum atomic E-state index is -0.622. The Bertz CT molecular complexity index is 553. The van der Waals surface area contributed by atoms with Gasteiger partial charge in [0, 0.05) is 29.4 Å². The molecule has 0 aliphatic rings. The SMILES string of the molecule is CCCNc1cc(C)nc2c(F)cc(F)cc12. The summed E-state index contributed by atoms with van der Waals surface area (Å²) in [5.41, 5.74) is 1.65. The van der Waals surface area contributed by atoms with Gasteiger partial charge in [0.25, 0.3) is 0 Å². The van der Waals surface area contributed by atoms with Crippen molar-refractivity contribution in [2.75, 3.05) is 11.9 Å². The van der Waals surface area contributed by atoms with Gasteiger partial charge in [0.2, 0.25) is 0 Å². The van der Waals surface area contributed by atoms with Crippen LogP contribution in [0.5, 0.6) is 0 Å². The van der Waals surface area contributed by atoms with Gasteiger partial charge < -0.3 is 5.32 Å². The maximum absolute atomic E-state index is 13.6. The smallest absolute Gasteiger partial charge is 0.152 e. The lowest BCUT2D eigenvalue weighted by Gasteiger charge is -2.10. The predicted octanol–water partition coefficient (Wildman–Crippen LogP) is 3.64. The number of anilines is 1. The monoisotopic (exact) mass is 236 g/mol. The van der Waals surface area contributed by atoms with Crippen molar-refractivity contribution in [3.8, 4) is 0 Å². The minimum Gasteiger partial charge on any atom is -0.384 e. The molecule has 0 fully saturated rings. The molecule has 2 aromatic rings. The summed E-state index contributed by atoms with van der Waals surface area (Å²) in [6, 6.07) is 3.97. The van der Waals surface area contributed by atoms with E-state index in [0.29, 0.717) is 11.1 Å². The second kappa shape index (κ2) is 4.65. The number of hydrogen-bond donors (Lipinski definition) is 1. The predicted molar refractivity (Wildman–Crippen MR) is 65.2 cm³/mol. The molecule has 2 nitrogen and oxygen atoms in total. The maximum Gasteiger partial charge on any atom is 0.152 e. The van der Waals surface area contributed by atoms with Crippen molar-refractivity contribution in [1.82, 2.24) is 4.98 Å². The number of halogens is 2. The maximum atomic E-state index is 13.6. The van der Waals surface area contributed by atoms with Crippen molar-refractivity contribution < 1.29 is 8.78 Å². The van der Waals surface area contributed by atoms with E-state index in [2.05, 4.69) is 10.3 Å². The second-order valence-electron chi connectivity index (χ2n) is 4.02. The lowest BCUT2D eigenvalue weighted by atomic mass is 10.1. The summed E-state index contributed by atoms with van der Waals surface area (Å²) >= 11 is 0. The highest BCUT2D eigenvalue weighted by atomic mass is 19.1. The third kappa shape index (κ3) is 2.35. The summed E-state index contributed by atoms with van der Waals surface area (Å²) in [6.45, 7) is 4.58. The molecular weight excluding hydrogens is 222 g/mol. The summed E-state index contributed by atoms with van der Waals surface area (Å²) < 4.78 is 26.8. The summed E-state index contributed by atoms with van der Waals surface area (Å²) in [4.78, 5) is 4.10. The molecule has 0 radical (unpaired) electrons. The van der Waals surface area contributed by atoms with E-state index in [0.717, 1.165) is 24.7 Å². The van der Waals surface area contributed by atoms with Crippen molar-refractivity contribution in [2.24, 2.45) is 0 Å². The van der Waals surface area contributed by atoms with Gasteiger partial charge >= 0.3 is 0 Å². The third-order valence-corrected chi connectivity index (χ3v) is 2.53. The van der Waals surface area contributed by atoms with E-state index in [4.69, 9.17) is 0 Å². The average Bonchev–Trinajstić information content (AvgIpc) is 2.27. The fourth-order valence-electron chi connectivity index (χ4n) is 1.79. The van der Waals surface area contributed by atoms with Gasteiger partial charge in [0.1, 0.15) is 11.3 Å². The molecule has 0 saturated carbocycles. The summed E-state index contributed by atoms with van der Waals surface area (Å²) in [5.74, 6) is -1.21. The van der Waals surface area contributed by atoms with Crippen molar-refractivity contribution in [3.63, 3.8) is 0 Å². The molecule has 1 aromatic heterocycles. The first-order valence-corrected chi connectivity index (χ1v) is 5.62. The van der Waals surface area contributed by atoms with Crippen molar-refractivity contribution in [2.45, 2.75) is 20.3 Å². The first-order chi connectivity index (χ1) is 8.11. The molecule has 4 heteroatoms. The van der Waals surface area contributed by atoms with E-state index in [1.165, 1.54) is 6.07 Å². The van der Waals surface area contributed by atoms with Crippen LogP contribution >= 0.6 is 0 Å². The molecule has 0 aliphatic carbocycles. The quantitative estimate of drug-likeness (QED) is 0.880. The van der Waals surface area contributed by atoms with Crippen LogP contribution in [0.1, 0.15) is 19.0 Å². The Morgan fingerprint density at radius 1 is 1.24 bits per heavy atom. The lowest BCUT2D eigenvalue weighted by molar-refractivity contribution is 0.590. The van der Waals surface area contributed by atoms with Gasteiger partial charge in [-0.2, -0.15) is 0 Å². The van der Waals surface area contributed by atoms with Crippen molar-refractivity contribution >= 4 is 16.6 Å². The Balaban J connectivity index is 2.64. The summed E-state index contributed by atoms with van der Waals surface area (Å²) in [5, 5.41) is 3.65. The van der Waals surface area contributed by atoms with E-state index in [9.17, 15) is 8.78 Å². The molecule has 0 unspecified atom stereocenters. The highest BCUT2D eigenvalue weighted by Crippen LogP contribution is 2.26. The van der Waals surface area contributed by atoms with Gasteiger partial charge in [0.15, 0.2) is 5.82 Å². The van der Waals surface area contributed by atoms with Gasteiger partial charge in [-0.1, -0.05) is 6.92 Å². The van der Waals surface area contributed by atoms with Crippen LogP contribution in [-0.2, 0) is 0 Å². The number of aromatic nitrogens is 1. The lowest BCUT2D eigenvalue weighted by Crippen LogP contribution is -2.02. The molecule has 0 spiro atoms. The molecule has 1 N–H and O–H groups in total. The van der Waals surface area contributed by atoms with Gasteiger partial charge in [-0.05, 0) is 25.5 Å². The minimum absolute atomic E-state index is 0.213. The van der Waals surface area contributed by atoms with Gasteiger partial charge in [-0.15, -0.1) is 0 Å². The van der Waals surface area contributed by atoms with E-state index in [-0.39, 0.29) is 5.52 Å². The number of nitrogens with one attached hydrogen (secondary N) is 1. The number of nitrogens with zero attached hydrogens (tertiary/aromatic N) is 1. The zero-order valence-electron chi connectivity index (χ0n) is 9.85. The fraction of sp³-hybridized carbons (Fsp3) is 0.308. The molecule has 90 valence electrons. The van der Waals surface area contributed by atoms with E-state index < -0.39 is 11.6 Å². The standard InChI is InChI=1S/C13H14F2N2/c1-3-4-16-12-5-8(2)17-13-10(12)6-9(14)7-11(13)15/h5-7H,3-4H2,1-2H3,(H,16,17). The largest absolute Gasteiger partial charge is 0.384 e. The van der Waals surface area contributed by atoms with Crippen molar-refractivity contribution in [3.05, 3.63) is 35.5 Å². The molecule has 1 aromatic carbocycles. The van der Waals surface area contributed by atoms with Crippen LogP contribution in [0.15, 0.2) is 18.2 Å². The van der Waals surface area contributed by atoms with Crippen LogP contribution in [0.4, 0.5) is 14.5 Å². The summed E-state index contributed by atoms with van der Waals surface area (Å²) in [7, 11) is 0. The summed E-state index contributed by atoms with van der Waals surface area (Å²) in [6.07, 6.45) is 0.945. The van der Waals surface area contributed by atoms with Crippen LogP contribution in [-0.4, -0.2) is 11.5 Å². The number of benzene rings is 1. The molecule has 0 aliphatic heterocycles. The number of hydrogen-bond acceptors (Lipinski definition) is 2. The third-order valence-electron chi connectivity index (χ3n) is 2.53. The average molecular weight is 236 g/mol. The number of rotatable bonds is 3. The Morgan fingerprint density at radius 2 is 2.00 bits per heavy atom. The molecule has 2 rings (SSSR count). The molecular formula is C13H14F2N2. The number of fused-ring (bicyclic) bond motifs is 1. The van der Waals surface area contributed by atoms with Crippen molar-refractivity contribution in [1.29, 1.82) is 0 Å². The van der Waals surface area contributed by atoms with Crippen LogP contribution in [0, 0.1) is 18.6 Å².